The van der Waals surface area contributed by atoms with Gasteiger partial charge in [0.05, 0.1) is 0 Å². The first-order chi connectivity index (χ1) is 8.70. The molecule has 0 saturated heterocycles. The topological polar surface area (TPSA) is 58.4 Å². The molecule has 0 heterocycles. The molecule has 2 rings (SSSR count). The van der Waals surface area contributed by atoms with Crippen LogP contribution in [0.5, 0.6) is 0 Å². The molecule has 1 aromatic carbocycles. The number of nitrogens with one attached hydrogen (secondary N) is 1. The molecule has 0 unspecified atom stereocenters. The molecule has 0 aromatic heterocycles. The van der Waals surface area contributed by atoms with Gasteiger partial charge in [0, 0.05) is 18.2 Å². The normalized spacial score (nSPS) is 16.2. The first kappa shape index (κ1) is 13.1. The van der Waals surface area contributed by atoms with Gasteiger partial charge >= 0.3 is 0 Å². The molecule has 1 aromatic rings. The van der Waals surface area contributed by atoms with E-state index in [0.29, 0.717) is 11.6 Å². The number of amides is 1. The van der Waals surface area contributed by atoms with Crippen LogP contribution in [-0.2, 0) is 6.54 Å². The van der Waals surface area contributed by atoms with Crippen LogP contribution in [0.15, 0.2) is 24.3 Å². The average molecular weight is 247 g/mol. The predicted octanol–water partition coefficient (Wildman–Crippen LogP) is 1.66. The zero-order valence-corrected chi connectivity index (χ0v) is 10.9. The molecule has 1 aliphatic carbocycles. The second kappa shape index (κ2) is 5.98. The Hall–Kier alpha value is -1.39. The highest BCUT2D eigenvalue weighted by Gasteiger charge is 2.19. The van der Waals surface area contributed by atoms with Crippen molar-refractivity contribution in [2.24, 2.45) is 5.84 Å². The van der Waals surface area contributed by atoms with Crippen molar-refractivity contribution in [1.82, 2.24) is 10.3 Å². The fourth-order valence-corrected chi connectivity index (χ4v) is 2.66. The molecule has 4 heteroatoms. The van der Waals surface area contributed by atoms with Crippen molar-refractivity contribution >= 4 is 5.91 Å². The lowest BCUT2D eigenvalue weighted by Crippen LogP contribution is -2.30. The lowest BCUT2D eigenvalue weighted by atomic mass is 10.1. The Morgan fingerprint density at radius 1 is 1.44 bits per heavy atom. The fraction of sp³-hybridized carbons (Fsp3) is 0.500. The molecule has 1 saturated carbocycles. The van der Waals surface area contributed by atoms with Gasteiger partial charge in [0.2, 0.25) is 0 Å². The highest BCUT2D eigenvalue weighted by molar-refractivity contribution is 5.93. The molecular weight excluding hydrogens is 226 g/mol. The SMILES string of the molecule is CN(Cc1cccc(C(=O)NN)c1)C1CCCC1. The number of hydrazine groups is 1. The number of nitrogen functional groups attached to an aromatic ring is 1. The number of benzene rings is 1. The molecule has 4 nitrogen and oxygen atoms in total. The summed E-state index contributed by atoms with van der Waals surface area (Å²) >= 11 is 0. The smallest absolute Gasteiger partial charge is 0.265 e. The maximum atomic E-state index is 11.5. The summed E-state index contributed by atoms with van der Waals surface area (Å²) in [7, 11) is 2.16. The van der Waals surface area contributed by atoms with Gasteiger partial charge in [0.1, 0.15) is 0 Å². The molecule has 0 spiro atoms. The molecule has 18 heavy (non-hydrogen) atoms. The van der Waals surface area contributed by atoms with Gasteiger partial charge in [-0.1, -0.05) is 25.0 Å². The van der Waals surface area contributed by atoms with E-state index in [1.54, 1.807) is 6.07 Å². The number of carbonyl (C=O) groups is 1. The largest absolute Gasteiger partial charge is 0.299 e. The first-order valence-corrected chi connectivity index (χ1v) is 6.51. The summed E-state index contributed by atoms with van der Waals surface area (Å²) < 4.78 is 0. The van der Waals surface area contributed by atoms with Gasteiger partial charge in [-0.25, -0.2) is 5.84 Å². The number of nitrogens with two attached hydrogens (primary N) is 1. The minimum absolute atomic E-state index is 0.236. The van der Waals surface area contributed by atoms with Gasteiger partial charge in [-0.15, -0.1) is 0 Å². The minimum atomic E-state index is -0.236. The van der Waals surface area contributed by atoms with Gasteiger partial charge in [-0.05, 0) is 37.6 Å². The van der Waals surface area contributed by atoms with E-state index in [4.69, 9.17) is 5.84 Å². The van der Waals surface area contributed by atoms with Gasteiger partial charge < -0.3 is 0 Å². The van der Waals surface area contributed by atoms with E-state index in [9.17, 15) is 4.79 Å². The van der Waals surface area contributed by atoms with Crippen molar-refractivity contribution in [2.45, 2.75) is 38.3 Å². The zero-order valence-electron chi connectivity index (χ0n) is 10.9. The summed E-state index contributed by atoms with van der Waals surface area (Å²) in [6, 6.07) is 8.34. The third kappa shape index (κ3) is 3.09. The molecule has 3 N–H and O–H groups in total. The Balaban J connectivity index is 2.02. The van der Waals surface area contributed by atoms with Crippen LogP contribution in [0.3, 0.4) is 0 Å². The number of nitrogens with zero attached hydrogens (tertiary/aromatic N) is 1. The molecular formula is C14H21N3O. The van der Waals surface area contributed by atoms with E-state index in [1.807, 2.05) is 12.1 Å². The van der Waals surface area contributed by atoms with Crippen LogP contribution in [-0.4, -0.2) is 23.9 Å². The molecule has 1 aliphatic rings. The van der Waals surface area contributed by atoms with Crippen LogP contribution in [0.4, 0.5) is 0 Å². The van der Waals surface area contributed by atoms with Crippen molar-refractivity contribution in [3.63, 3.8) is 0 Å². The Labute approximate surface area is 108 Å². The standard InChI is InChI=1S/C14H21N3O/c1-17(13-7-2-3-8-13)10-11-5-4-6-12(9-11)14(18)16-15/h4-6,9,13H,2-3,7-8,10,15H2,1H3,(H,16,18). The monoisotopic (exact) mass is 247 g/mol. The van der Waals surface area contributed by atoms with Crippen molar-refractivity contribution in [2.75, 3.05) is 7.05 Å². The van der Waals surface area contributed by atoms with Crippen LogP contribution in [0.25, 0.3) is 0 Å². The third-order valence-electron chi connectivity index (χ3n) is 3.70. The summed E-state index contributed by atoms with van der Waals surface area (Å²) in [4.78, 5) is 13.8. The van der Waals surface area contributed by atoms with Crippen molar-refractivity contribution in [1.29, 1.82) is 0 Å². The molecule has 0 atom stereocenters. The van der Waals surface area contributed by atoms with E-state index in [1.165, 1.54) is 25.7 Å². The highest BCUT2D eigenvalue weighted by Crippen LogP contribution is 2.23. The van der Waals surface area contributed by atoms with Crippen molar-refractivity contribution in [3.8, 4) is 0 Å². The number of hydrogen-bond acceptors (Lipinski definition) is 3. The lowest BCUT2D eigenvalue weighted by Gasteiger charge is -2.24. The van der Waals surface area contributed by atoms with Crippen LogP contribution < -0.4 is 11.3 Å². The van der Waals surface area contributed by atoms with E-state index < -0.39 is 0 Å². The molecule has 1 amide bonds. The number of hydrogen-bond donors (Lipinski definition) is 2. The zero-order chi connectivity index (χ0) is 13.0. The van der Waals surface area contributed by atoms with Crippen molar-refractivity contribution in [3.05, 3.63) is 35.4 Å². The van der Waals surface area contributed by atoms with E-state index in [0.717, 1.165) is 12.1 Å². The van der Waals surface area contributed by atoms with E-state index >= 15 is 0 Å². The quantitative estimate of drug-likeness (QED) is 0.483. The number of rotatable bonds is 4. The molecule has 0 radical (unpaired) electrons. The summed E-state index contributed by atoms with van der Waals surface area (Å²) in [5.41, 5.74) is 3.94. The third-order valence-corrected chi connectivity index (χ3v) is 3.70. The highest BCUT2D eigenvalue weighted by atomic mass is 16.2. The fourth-order valence-electron chi connectivity index (χ4n) is 2.66. The van der Waals surface area contributed by atoms with Crippen molar-refractivity contribution < 1.29 is 4.79 Å². The molecule has 1 fully saturated rings. The second-order valence-corrected chi connectivity index (χ2v) is 5.03. The Morgan fingerprint density at radius 2 is 2.17 bits per heavy atom. The van der Waals surface area contributed by atoms with Gasteiger partial charge in [-0.2, -0.15) is 0 Å². The molecule has 98 valence electrons. The molecule has 0 bridgehead atoms. The summed E-state index contributed by atoms with van der Waals surface area (Å²) in [6.07, 6.45) is 5.26. The maximum Gasteiger partial charge on any atom is 0.265 e. The lowest BCUT2D eigenvalue weighted by molar-refractivity contribution is 0.0953. The van der Waals surface area contributed by atoms with E-state index in [-0.39, 0.29) is 5.91 Å². The average Bonchev–Trinajstić information content (AvgIpc) is 2.92. The van der Waals surface area contributed by atoms with Crippen LogP contribution in [0.1, 0.15) is 41.6 Å². The predicted molar refractivity (Wildman–Crippen MR) is 71.8 cm³/mol. The summed E-state index contributed by atoms with van der Waals surface area (Å²) in [6.45, 7) is 0.885. The van der Waals surface area contributed by atoms with E-state index in [2.05, 4.69) is 23.4 Å². The molecule has 0 aliphatic heterocycles. The second-order valence-electron chi connectivity index (χ2n) is 5.03. The van der Waals surface area contributed by atoms with Gasteiger partial charge in [0.15, 0.2) is 0 Å². The number of carbonyl (C=O) groups excluding carboxylic acids is 1. The van der Waals surface area contributed by atoms with Gasteiger partial charge in [0.25, 0.3) is 5.91 Å². The Bertz CT molecular complexity index is 413. The summed E-state index contributed by atoms with van der Waals surface area (Å²) in [5.74, 6) is 4.91. The van der Waals surface area contributed by atoms with Crippen LogP contribution >= 0.6 is 0 Å². The Kier molecular flexibility index (Phi) is 4.33. The first-order valence-electron chi connectivity index (χ1n) is 6.51. The van der Waals surface area contributed by atoms with Crippen LogP contribution in [0, 0.1) is 0 Å². The van der Waals surface area contributed by atoms with Crippen LogP contribution in [0.2, 0.25) is 0 Å². The van der Waals surface area contributed by atoms with Gasteiger partial charge in [-0.3, -0.25) is 15.1 Å². The maximum absolute atomic E-state index is 11.5. The minimum Gasteiger partial charge on any atom is -0.299 e. The Morgan fingerprint density at radius 3 is 2.83 bits per heavy atom. The summed E-state index contributed by atoms with van der Waals surface area (Å²) in [5, 5.41) is 0.